The summed E-state index contributed by atoms with van der Waals surface area (Å²) in [5, 5.41) is 0. The molecule has 19 heavy (non-hydrogen) atoms. The number of nitrogens with zero attached hydrogens (tertiary/aromatic N) is 3. The average Bonchev–Trinajstić information content (AvgIpc) is 2.38. The van der Waals surface area contributed by atoms with Crippen LogP contribution in [0.5, 0.6) is 5.75 Å². The number of methoxy groups -OCH3 is 1. The quantitative estimate of drug-likeness (QED) is 0.879. The molecule has 0 aliphatic carbocycles. The van der Waals surface area contributed by atoms with Crippen LogP contribution in [0.2, 0.25) is 0 Å². The summed E-state index contributed by atoms with van der Waals surface area (Å²) < 4.78 is 6.06. The zero-order valence-electron chi connectivity index (χ0n) is 11.0. The molecule has 0 atom stereocenters. The number of hydrogen-bond acceptors (Lipinski definition) is 5. The molecule has 0 bridgehead atoms. The maximum absolute atomic E-state index is 5.69. The van der Waals surface area contributed by atoms with Gasteiger partial charge in [-0.3, -0.25) is 0 Å². The van der Waals surface area contributed by atoms with Crippen LogP contribution in [0, 0.1) is 0 Å². The third-order valence-corrected chi connectivity index (χ3v) is 3.17. The fourth-order valence-electron chi connectivity index (χ4n) is 1.77. The predicted octanol–water partition coefficient (Wildman–Crippen LogP) is 3.02. The molecule has 0 aliphatic rings. The molecule has 0 saturated carbocycles. The third-order valence-electron chi connectivity index (χ3n) is 2.73. The monoisotopic (exact) mass is 322 g/mol. The first-order valence-electron chi connectivity index (χ1n) is 5.86. The zero-order chi connectivity index (χ0) is 14.0. The molecule has 0 fully saturated rings. The second-order valence-corrected chi connectivity index (χ2v) is 5.18. The lowest BCUT2D eigenvalue weighted by Gasteiger charge is -2.13. The van der Waals surface area contributed by atoms with Crippen LogP contribution in [0.3, 0.4) is 0 Å². The first kappa shape index (κ1) is 13.7. The molecule has 5 nitrogen and oxygen atoms in total. The Balaban J connectivity index is 2.70. The molecule has 0 saturated heterocycles. The standard InChI is InChI=1S/C13H15BrN4O/c1-7(2)8-6-16-13(15)18-11(8)12-9(19-3)4-5-10(14)17-12/h4-7H,1-3H3,(H2,15,16,18). The van der Waals surface area contributed by atoms with E-state index in [1.165, 1.54) is 0 Å². The molecule has 2 heterocycles. The fraction of sp³-hybridized carbons (Fsp3) is 0.308. The Kier molecular flexibility index (Phi) is 3.99. The average molecular weight is 323 g/mol. The van der Waals surface area contributed by atoms with Gasteiger partial charge in [-0.1, -0.05) is 13.8 Å². The Hall–Kier alpha value is -1.69. The minimum Gasteiger partial charge on any atom is -0.494 e. The number of hydrogen-bond donors (Lipinski definition) is 1. The van der Waals surface area contributed by atoms with Crippen LogP contribution < -0.4 is 10.5 Å². The molecule has 0 spiro atoms. The van der Waals surface area contributed by atoms with E-state index >= 15 is 0 Å². The molecule has 0 aliphatic heterocycles. The van der Waals surface area contributed by atoms with Crippen molar-refractivity contribution in [1.82, 2.24) is 15.0 Å². The van der Waals surface area contributed by atoms with Gasteiger partial charge in [0, 0.05) is 11.8 Å². The van der Waals surface area contributed by atoms with Gasteiger partial charge in [0.25, 0.3) is 0 Å². The van der Waals surface area contributed by atoms with E-state index < -0.39 is 0 Å². The summed E-state index contributed by atoms with van der Waals surface area (Å²) in [5.74, 6) is 1.15. The molecule has 2 N–H and O–H groups in total. The number of rotatable bonds is 3. The van der Waals surface area contributed by atoms with Crippen molar-refractivity contribution >= 4 is 21.9 Å². The van der Waals surface area contributed by atoms with Crippen molar-refractivity contribution in [2.75, 3.05) is 12.8 Å². The number of pyridine rings is 1. The Morgan fingerprint density at radius 1 is 1.21 bits per heavy atom. The van der Waals surface area contributed by atoms with Crippen LogP contribution in [-0.4, -0.2) is 22.1 Å². The van der Waals surface area contributed by atoms with E-state index in [0.717, 1.165) is 10.2 Å². The van der Waals surface area contributed by atoms with E-state index in [1.54, 1.807) is 13.3 Å². The van der Waals surface area contributed by atoms with E-state index in [4.69, 9.17) is 10.5 Å². The van der Waals surface area contributed by atoms with E-state index in [1.807, 2.05) is 12.1 Å². The highest BCUT2D eigenvalue weighted by molar-refractivity contribution is 9.10. The molecular weight excluding hydrogens is 308 g/mol. The molecule has 100 valence electrons. The van der Waals surface area contributed by atoms with Crippen molar-refractivity contribution < 1.29 is 4.74 Å². The molecule has 2 rings (SSSR count). The Morgan fingerprint density at radius 2 is 1.95 bits per heavy atom. The van der Waals surface area contributed by atoms with E-state index in [2.05, 4.69) is 44.7 Å². The van der Waals surface area contributed by atoms with Gasteiger partial charge in [0.1, 0.15) is 21.7 Å². The number of aromatic nitrogens is 3. The second-order valence-electron chi connectivity index (χ2n) is 4.37. The second kappa shape index (κ2) is 5.52. The highest BCUT2D eigenvalue weighted by Gasteiger charge is 2.17. The van der Waals surface area contributed by atoms with Gasteiger partial charge < -0.3 is 10.5 Å². The van der Waals surface area contributed by atoms with Crippen LogP contribution in [0.25, 0.3) is 11.4 Å². The highest BCUT2D eigenvalue weighted by atomic mass is 79.9. The number of ether oxygens (including phenoxy) is 1. The fourth-order valence-corrected chi connectivity index (χ4v) is 2.08. The maximum Gasteiger partial charge on any atom is 0.220 e. The summed E-state index contributed by atoms with van der Waals surface area (Å²) in [6, 6.07) is 3.66. The smallest absolute Gasteiger partial charge is 0.220 e. The van der Waals surface area contributed by atoms with Gasteiger partial charge in [0.2, 0.25) is 5.95 Å². The Bertz CT molecular complexity index is 601. The summed E-state index contributed by atoms with van der Waals surface area (Å²) in [6.07, 6.45) is 1.74. The van der Waals surface area contributed by atoms with Crippen LogP contribution in [0.15, 0.2) is 22.9 Å². The molecule has 0 aromatic carbocycles. The lowest BCUT2D eigenvalue weighted by molar-refractivity contribution is 0.414. The maximum atomic E-state index is 5.69. The van der Waals surface area contributed by atoms with Crippen molar-refractivity contribution in [2.24, 2.45) is 0 Å². The summed E-state index contributed by atoms with van der Waals surface area (Å²) in [4.78, 5) is 12.8. The third kappa shape index (κ3) is 2.84. The van der Waals surface area contributed by atoms with Crippen molar-refractivity contribution in [2.45, 2.75) is 19.8 Å². The van der Waals surface area contributed by atoms with Gasteiger partial charge >= 0.3 is 0 Å². The SMILES string of the molecule is COc1ccc(Br)nc1-c1nc(N)ncc1C(C)C. The summed E-state index contributed by atoms with van der Waals surface area (Å²) in [5.41, 5.74) is 8.05. The summed E-state index contributed by atoms with van der Waals surface area (Å²) in [7, 11) is 1.61. The van der Waals surface area contributed by atoms with Gasteiger partial charge in [-0.05, 0) is 34.0 Å². The topological polar surface area (TPSA) is 73.9 Å². The number of nitrogen functional groups attached to an aromatic ring is 1. The molecule has 2 aromatic rings. The minimum atomic E-state index is 0.225. The molecule has 2 aromatic heterocycles. The van der Waals surface area contributed by atoms with Crippen molar-refractivity contribution in [3.63, 3.8) is 0 Å². The highest BCUT2D eigenvalue weighted by Crippen LogP contribution is 2.33. The summed E-state index contributed by atoms with van der Waals surface area (Å²) in [6.45, 7) is 4.14. The molecule has 0 unspecified atom stereocenters. The van der Waals surface area contributed by atoms with E-state index in [-0.39, 0.29) is 11.9 Å². The van der Waals surface area contributed by atoms with E-state index in [0.29, 0.717) is 17.1 Å². The molecule has 0 radical (unpaired) electrons. The molecular formula is C13H15BrN4O. The number of halogens is 1. The van der Waals surface area contributed by atoms with Crippen molar-refractivity contribution in [1.29, 1.82) is 0 Å². The minimum absolute atomic E-state index is 0.225. The Morgan fingerprint density at radius 3 is 2.58 bits per heavy atom. The van der Waals surface area contributed by atoms with Crippen molar-refractivity contribution in [3.8, 4) is 17.1 Å². The largest absolute Gasteiger partial charge is 0.494 e. The van der Waals surface area contributed by atoms with Gasteiger partial charge in [-0.2, -0.15) is 0 Å². The van der Waals surface area contributed by atoms with Gasteiger partial charge in [0.05, 0.1) is 7.11 Å². The van der Waals surface area contributed by atoms with Gasteiger partial charge in [-0.15, -0.1) is 0 Å². The number of nitrogens with two attached hydrogens (primary N) is 1. The molecule has 6 heteroatoms. The van der Waals surface area contributed by atoms with E-state index in [9.17, 15) is 0 Å². The Labute approximate surface area is 120 Å². The predicted molar refractivity (Wildman–Crippen MR) is 78.0 cm³/mol. The van der Waals surface area contributed by atoms with Crippen LogP contribution in [0.4, 0.5) is 5.95 Å². The normalized spacial score (nSPS) is 10.8. The first-order valence-corrected chi connectivity index (χ1v) is 6.65. The lowest BCUT2D eigenvalue weighted by atomic mass is 10.0. The first-order chi connectivity index (χ1) is 9.02. The number of anilines is 1. The van der Waals surface area contributed by atoms with Crippen LogP contribution >= 0.6 is 15.9 Å². The van der Waals surface area contributed by atoms with Gasteiger partial charge in [-0.25, -0.2) is 15.0 Å². The van der Waals surface area contributed by atoms with Crippen LogP contribution in [0.1, 0.15) is 25.3 Å². The summed E-state index contributed by atoms with van der Waals surface area (Å²) >= 11 is 3.36. The molecule has 0 amide bonds. The van der Waals surface area contributed by atoms with Crippen LogP contribution in [-0.2, 0) is 0 Å². The van der Waals surface area contributed by atoms with Crippen molar-refractivity contribution in [3.05, 3.63) is 28.5 Å². The zero-order valence-corrected chi connectivity index (χ0v) is 12.6. The lowest BCUT2D eigenvalue weighted by Crippen LogP contribution is -2.04. The van der Waals surface area contributed by atoms with Gasteiger partial charge in [0.15, 0.2) is 0 Å².